The van der Waals surface area contributed by atoms with Gasteiger partial charge < -0.3 is 5.32 Å². The minimum Gasteiger partial charge on any atom is -0.373 e. The Morgan fingerprint density at radius 3 is 2.75 bits per heavy atom. The Morgan fingerprint density at radius 1 is 1.40 bits per heavy atom. The predicted octanol–water partition coefficient (Wildman–Crippen LogP) is 2.66. The van der Waals surface area contributed by atoms with Gasteiger partial charge in [0.1, 0.15) is 5.82 Å². The molecule has 0 atom stereocenters. The van der Waals surface area contributed by atoms with Crippen molar-refractivity contribution < 1.29 is 8.42 Å². The summed E-state index contributed by atoms with van der Waals surface area (Å²) in [5.74, 6) is 0.513. The van der Waals surface area contributed by atoms with E-state index in [2.05, 4.69) is 10.3 Å². The molecular formula is C12H14ClN3O2S2. The van der Waals surface area contributed by atoms with Crippen LogP contribution >= 0.6 is 22.9 Å². The number of rotatable bonds is 5. The number of anilines is 1. The van der Waals surface area contributed by atoms with E-state index in [9.17, 15) is 8.42 Å². The van der Waals surface area contributed by atoms with Crippen molar-refractivity contribution in [3.63, 3.8) is 0 Å². The highest BCUT2D eigenvalue weighted by atomic mass is 35.5. The molecule has 108 valence electrons. The zero-order valence-electron chi connectivity index (χ0n) is 11.0. The van der Waals surface area contributed by atoms with Crippen molar-refractivity contribution >= 4 is 38.8 Å². The van der Waals surface area contributed by atoms with Crippen LogP contribution in [0, 0.1) is 0 Å². The lowest BCUT2D eigenvalue weighted by Gasteiger charge is -2.16. The summed E-state index contributed by atoms with van der Waals surface area (Å²) in [6, 6.07) is 6.57. The molecule has 2 aromatic rings. The first-order chi connectivity index (χ1) is 9.43. The molecule has 0 amide bonds. The van der Waals surface area contributed by atoms with Crippen molar-refractivity contribution in [2.45, 2.75) is 11.4 Å². The van der Waals surface area contributed by atoms with Crippen LogP contribution in [0.4, 0.5) is 5.82 Å². The van der Waals surface area contributed by atoms with Gasteiger partial charge in [-0.05, 0) is 18.2 Å². The lowest BCUT2D eigenvalue weighted by atomic mass is 10.5. The Balaban J connectivity index is 2.24. The van der Waals surface area contributed by atoms with Crippen molar-refractivity contribution in [3.05, 3.63) is 39.7 Å². The summed E-state index contributed by atoms with van der Waals surface area (Å²) in [4.78, 5) is 5.11. The second kappa shape index (κ2) is 6.09. The summed E-state index contributed by atoms with van der Waals surface area (Å²) in [7, 11) is -0.309. The fourth-order valence-corrected chi connectivity index (χ4v) is 4.01. The molecular weight excluding hydrogens is 318 g/mol. The van der Waals surface area contributed by atoms with E-state index in [0.29, 0.717) is 10.2 Å². The second-order valence-corrected chi connectivity index (χ2v) is 7.94. The van der Waals surface area contributed by atoms with Gasteiger partial charge in [0.15, 0.2) is 0 Å². The van der Waals surface area contributed by atoms with Gasteiger partial charge in [0, 0.05) is 37.8 Å². The molecule has 2 aromatic heterocycles. The van der Waals surface area contributed by atoms with Crippen molar-refractivity contribution in [1.29, 1.82) is 0 Å². The Labute approximate surface area is 127 Å². The SMILES string of the molecule is CNc1cc(S(=O)(=O)N(C)Cc2ccc(Cl)s2)ccn1. The molecule has 0 fully saturated rings. The summed E-state index contributed by atoms with van der Waals surface area (Å²) in [6.45, 7) is 0.289. The number of halogens is 1. The van der Waals surface area contributed by atoms with Gasteiger partial charge in [-0.15, -0.1) is 11.3 Å². The monoisotopic (exact) mass is 331 g/mol. The molecule has 0 aliphatic carbocycles. The van der Waals surface area contributed by atoms with E-state index in [-0.39, 0.29) is 11.4 Å². The molecule has 0 saturated heterocycles. The van der Waals surface area contributed by atoms with E-state index in [1.165, 1.54) is 34.0 Å². The molecule has 0 radical (unpaired) electrons. The molecule has 5 nitrogen and oxygen atoms in total. The predicted molar refractivity (Wildman–Crippen MR) is 81.8 cm³/mol. The Hall–Kier alpha value is -1.15. The molecule has 0 saturated carbocycles. The van der Waals surface area contributed by atoms with E-state index in [1.54, 1.807) is 20.2 Å². The van der Waals surface area contributed by atoms with E-state index in [0.717, 1.165) is 4.88 Å². The van der Waals surface area contributed by atoms with Gasteiger partial charge in [0.05, 0.1) is 9.23 Å². The normalized spacial score (nSPS) is 11.8. The molecule has 0 unspecified atom stereocenters. The van der Waals surface area contributed by atoms with Gasteiger partial charge in [-0.25, -0.2) is 13.4 Å². The van der Waals surface area contributed by atoms with Crippen molar-refractivity contribution in [1.82, 2.24) is 9.29 Å². The average Bonchev–Trinajstić information content (AvgIpc) is 2.84. The maximum absolute atomic E-state index is 12.5. The topological polar surface area (TPSA) is 62.3 Å². The molecule has 0 aromatic carbocycles. The minimum atomic E-state index is -3.54. The van der Waals surface area contributed by atoms with Crippen molar-refractivity contribution in [3.8, 4) is 0 Å². The quantitative estimate of drug-likeness (QED) is 0.915. The first kappa shape index (κ1) is 15.2. The molecule has 0 aliphatic heterocycles. The van der Waals surface area contributed by atoms with Crippen LogP contribution in [0.3, 0.4) is 0 Å². The zero-order chi connectivity index (χ0) is 14.8. The highest BCUT2D eigenvalue weighted by molar-refractivity contribution is 7.89. The fourth-order valence-electron chi connectivity index (χ4n) is 1.63. The summed E-state index contributed by atoms with van der Waals surface area (Å²) < 4.78 is 26.8. The summed E-state index contributed by atoms with van der Waals surface area (Å²) >= 11 is 7.22. The van der Waals surface area contributed by atoms with Crippen molar-refractivity contribution in [2.75, 3.05) is 19.4 Å². The highest BCUT2D eigenvalue weighted by Crippen LogP contribution is 2.25. The minimum absolute atomic E-state index is 0.210. The van der Waals surface area contributed by atoms with Gasteiger partial charge in [-0.2, -0.15) is 4.31 Å². The Morgan fingerprint density at radius 2 is 2.15 bits per heavy atom. The number of nitrogens with one attached hydrogen (secondary N) is 1. The van der Waals surface area contributed by atoms with Gasteiger partial charge in [-0.3, -0.25) is 0 Å². The van der Waals surface area contributed by atoms with Gasteiger partial charge in [0.25, 0.3) is 0 Å². The van der Waals surface area contributed by atoms with Gasteiger partial charge in [-0.1, -0.05) is 11.6 Å². The van der Waals surface area contributed by atoms with E-state index >= 15 is 0 Å². The van der Waals surface area contributed by atoms with E-state index < -0.39 is 10.0 Å². The number of sulfonamides is 1. The Bertz CT molecular complexity index is 700. The molecule has 2 heterocycles. The van der Waals surface area contributed by atoms with Gasteiger partial charge >= 0.3 is 0 Å². The smallest absolute Gasteiger partial charge is 0.243 e. The molecule has 0 aliphatic rings. The molecule has 0 spiro atoms. The number of nitrogens with zero attached hydrogens (tertiary/aromatic N) is 2. The van der Waals surface area contributed by atoms with E-state index in [1.807, 2.05) is 6.07 Å². The van der Waals surface area contributed by atoms with Crippen LogP contribution in [0.15, 0.2) is 35.4 Å². The maximum atomic E-state index is 12.5. The zero-order valence-corrected chi connectivity index (χ0v) is 13.4. The average molecular weight is 332 g/mol. The molecule has 0 bridgehead atoms. The molecule has 1 N–H and O–H groups in total. The third-order valence-corrected chi connectivity index (χ3v) is 5.72. The number of aromatic nitrogens is 1. The van der Waals surface area contributed by atoms with Gasteiger partial charge in [0.2, 0.25) is 10.0 Å². The number of hydrogen-bond acceptors (Lipinski definition) is 5. The lowest BCUT2D eigenvalue weighted by Crippen LogP contribution is -2.26. The highest BCUT2D eigenvalue weighted by Gasteiger charge is 2.21. The standard InChI is InChI=1S/C12H14ClN3O2S2/c1-14-12-7-10(5-6-15-12)20(17,18)16(2)8-9-3-4-11(13)19-9/h3-7H,8H2,1-2H3,(H,14,15). The van der Waals surface area contributed by atoms with Crippen LogP contribution in [0.2, 0.25) is 4.34 Å². The molecule has 20 heavy (non-hydrogen) atoms. The summed E-state index contributed by atoms with van der Waals surface area (Å²) in [6.07, 6.45) is 1.47. The lowest BCUT2D eigenvalue weighted by molar-refractivity contribution is 0.469. The molecule has 8 heteroatoms. The third kappa shape index (κ3) is 3.29. The van der Waals surface area contributed by atoms with Crippen LogP contribution in [0.1, 0.15) is 4.88 Å². The molecule has 2 rings (SSSR count). The largest absolute Gasteiger partial charge is 0.373 e. The van der Waals surface area contributed by atoms with E-state index in [4.69, 9.17) is 11.6 Å². The Kier molecular flexibility index (Phi) is 4.64. The first-order valence-corrected chi connectivity index (χ1v) is 8.41. The second-order valence-electron chi connectivity index (χ2n) is 4.09. The van der Waals surface area contributed by atoms with Crippen LogP contribution in [0.5, 0.6) is 0 Å². The first-order valence-electron chi connectivity index (χ1n) is 5.78. The van der Waals surface area contributed by atoms with Crippen LogP contribution in [-0.4, -0.2) is 31.8 Å². The van der Waals surface area contributed by atoms with Crippen LogP contribution < -0.4 is 5.32 Å². The number of hydrogen-bond donors (Lipinski definition) is 1. The summed E-state index contributed by atoms with van der Waals surface area (Å²) in [5, 5.41) is 2.82. The fraction of sp³-hybridized carbons (Fsp3) is 0.250. The number of pyridine rings is 1. The van der Waals surface area contributed by atoms with Crippen LogP contribution in [-0.2, 0) is 16.6 Å². The van der Waals surface area contributed by atoms with Crippen molar-refractivity contribution in [2.24, 2.45) is 0 Å². The third-order valence-electron chi connectivity index (χ3n) is 2.70. The summed E-state index contributed by atoms with van der Waals surface area (Å²) in [5.41, 5.74) is 0. The van der Waals surface area contributed by atoms with Crippen LogP contribution in [0.25, 0.3) is 0 Å². The maximum Gasteiger partial charge on any atom is 0.243 e. The number of thiophene rings is 1.